The van der Waals surface area contributed by atoms with Gasteiger partial charge in [0.05, 0.1) is 19.3 Å². The number of carbonyl (C=O) groups excluding carboxylic acids is 3. The molecular formula is C26H46N2O6Si. The van der Waals surface area contributed by atoms with E-state index >= 15 is 0 Å². The van der Waals surface area contributed by atoms with Crippen LogP contribution in [0.15, 0.2) is 25.3 Å². The molecule has 9 heteroatoms. The molecule has 0 bridgehead atoms. The molecule has 0 spiro atoms. The van der Waals surface area contributed by atoms with Gasteiger partial charge in [0.1, 0.15) is 17.7 Å². The van der Waals surface area contributed by atoms with Crippen LogP contribution in [-0.4, -0.2) is 68.1 Å². The normalized spacial score (nSPS) is 21.7. The Morgan fingerprint density at radius 1 is 1.11 bits per heavy atom. The number of nitrogens with one attached hydrogen (secondary N) is 1. The fraction of sp³-hybridized carbons (Fsp3) is 0.731. The summed E-state index contributed by atoms with van der Waals surface area (Å²) in [5.41, 5.74) is -0.720. The second kappa shape index (κ2) is 12.2. The zero-order valence-electron chi connectivity index (χ0n) is 23.1. The number of likely N-dealkylation sites (tertiary alicyclic amines) is 1. The van der Waals surface area contributed by atoms with E-state index in [1.54, 1.807) is 37.8 Å². The van der Waals surface area contributed by atoms with Gasteiger partial charge in [-0.1, -0.05) is 32.9 Å². The van der Waals surface area contributed by atoms with Gasteiger partial charge < -0.3 is 24.1 Å². The topological polar surface area (TPSA) is 94.2 Å². The minimum Gasteiger partial charge on any atom is -0.467 e. The third-order valence-electron chi connectivity index (χ3n) is 6.62. The average Bonchev–Trinajstić information content (AvgIpc) is 3.05. The standard InChI is InChI=1S/C26H46N2O6Si/c1-12-14-16-19-21(34-35(10,11)26(6,7)8)17-20(23(30)32-9)28(19)22(29)18(15-13-2)27-24(31)33-25(3,4)5/h12-13,18-21H,1-2,14-17H2,3-11H3,(H,27,31)/t18-,19-,20?,21-/m0/s1. The fourth-order valence-electron chi connectivity index (χ4n) is 3.88. The molecule has 1 heterocycles. The maximum atomic E-state index is 13.9. The third-order valence-corrected chi connectivity index (χ3v) is 11.1. The van der Waals surface area contributed by atoms with Crippen LogP contribution < -0.4 is 5.32 Å². The van der Waals surface area contributed by atoms with Gasteiger partial charge >= 0.3 is 12.1 Å². The molecule has 0 aliphatic carbocycles. The highest BCUT2D eigenvalue weighted by atomic mass is 28.4. The number of methoxy groups -OCH3 is 1. The van der Waals surface area contributed by atoms with Crippen molar-refractivity contribution in [1.29, 1.82) is 0 Å². The molecule has 1 N–H and O–H groups in total. The second-order valence-corrected chi connectivity index (χ2v) is 16.3. The van der Waals surface area contributed by atoms with Crippen LogP contribution in [0.25, 0.3) is 0 Å². The Kier molecular flexibility index (Phi) is 10.8. The molecule has 1 rings (SSSR count). The van der Waals surface area contributed by atoms with E-state index < -0.39 is 38.1 Å². The lowest BCUT2D eigenvalue weighted by atomic mass is 10.1. The first-order chi connectivity index (χ1) is 16.0. The molecule has 1 aliphatic heterocycles. The van der Waals surface area contributed by atoms with Crippen molar-refractivity contribution in [2.45, 2.75) is 115 Å². The van der Waals surface area contributed by atoms with Gasteiger partial charge in [-0.25, -0.2) is 9.59 Å². The van der Waals surface area contributed by atoms with Crippen LogP contribution in [0.1, 0.15) is 67.2 Å². The highest BCUT2D eigenvalue weighted by Crippen LogP contribution is 2.41. The third kappa shape index (κ3) is 8.49. The zero-order chi connectivity index (χ0) is 27.2. The maximum Gasteiger partial charge on any atom is 0.408 e. The molecule has 1 unspecified atom stereocenters. The number of allylic oxidation sites excluding steroid dienone is 1. The molecule has 0 aromatic rings. The first-order valence-electron chi connectivity index (χ1n) is 12.3. The number of hydrogen-bond donors (Lipinski definition) is 1. The van der Waals surface area contributed by atoms with Gasteiger partial charge in [-0.3, -0.25) is 4.79 Å². The summed E-state index contributed by atoms with van der Waals surface area (Å²) in [7, 11) is -0.896. The molecule has 8 nitrogen and oxygen atoms in total. The van der Waals surface area contributed by atoms with Gasteiger partial charge in [-0.15, -0.1) is 13.2 Å². The van der Waals surface area contributed by atoms with E-state index in [1.807, 2.05) is 0 Å². The van der Waals surface area contributed by atoms with E-state index in [0.717, 1.165) is 0 Å². The van der Waals surface area contributed by atoms with Crippen LogP contribution >= 0.6 is 0 Å². The number of hydrogen-bond acceptors (Lipinski definition) is 6. The highest BCUT2D eigenvalue weighted by Gasteiger charge is 2.52. The Bertz CT molecular complexity index is 784. The summed E-state index contributed by atoms with van der Waals surface area (Å²) in [6.07, 6.45) is 4.05. The van der Waals surface area contributed by atoms with Crippen molar-refractivity contribution in [3.8, 4) is 0 Å². The zero-order valence-corrected chi connectivity index (χ0v) is 24.1. The predicted molar refractivity (Wildman–Crippen MR) is 141 cm³/mol. The van der Waals surface area contributed by atoms with E-state index in [9.17, 15) is 14.4 Å². The Hall–Kier alpha value is -2.13. The van der Waals surface area contributed by atoms with E-state index in [0.29, 0.717) is 19.3 Å². The Morgan fingerprint density at radius 2 is 1.71 bits per heavy atom. The van der Waals surface area contributed by atoms with Crippen LogP contribution in [0.5, 0.6) is 0 Å². The van der Waals surface area contributed by atoms with Crippen LogP contribution in [-0.2, 0) is 23.5 Å². The van der Waals surface area contributed by atoms with Crippen LogP contribution in [0.4, 0.5) is 4.79 Å². The van der Waals surface area contributed by atoms with Crippen molar-refractivity contribution < 1.29 is 28.3 Å². The quantitative estimate of drug-likeness (QED) is 0.254. The summed E-state index contributed by atoms with van der Waals surface area (Å²) < 4.78 is 17.2. The smallest absolute Gasteiger partial charge is 0.408 e. The van der Waals surface area contributed by atoms with Gasteiger partial charge in [0.2, 0.25) is 5.91 Å². The molecule has 1 fully saturated rings. The van der Waals surface area contributed by atoms with Crippen molar-refractivity contribution in [3.63, 3.8) is 0 Å². The summed E-state index contributed by atoms with van der Waals surface area (Å²) >= 11 is 0. The summed E-state index contributed by atoms with van der Waals surface area (Å²) in [5.74, 6) is -0.889. The fourth-order valence-corrected chi connectivity index (χ4v) is 5.24. The van der Waals surface area contributed by atoms with Crippen molar-refractivity contribution in [3.05, 3.63) is 25.3 Å². The molecule has 200 valence electrons. The van der Waals surface area contributed by atoms with Gasteiger partial charge in [0, 0.05) is 6.42 Å². The molecule has 0 aromatic carbocycles. The lowest BCUT2D eigenvalue weighted by Gasteiger charge is -2.40. The molecule has 0 saturated carbocycles. The maximum absolute atomic E-state index is 13.9. The minimum absolute atomic E-state index is 0.0438. The number of carbonyl (C=O) groups is 3. The number of nitrogens with zero attached hydrogens (tertiary/aromatic N) is 1. The largest absolute Gasteiger partial charge is 0.467 e. The minimum atomic E-state index is -2.21. The Balaban J connectivity index is 3.40. The Morgan fingerprint density at radius 3 is 2.17 bits per heavy atom. The molecular weight excluding hydrogens is 464 g/mol. The van der Waals surface area contributed by atoms with E-state index in [2.05, 4.69) is 52.3 Å². The summed E-state index contributed by atoms with van der Waals surface area (Å²) in [4.78, 5) is 40.8. The van der Waals surface area contributed by atoms with Gasteiger partial charge in [-0.05, 0) is 58.2 Å². The molecule has 35 heavy (non-hydrogen) atoms. The lowest BCUT2D eigenvalue weighted by Crippen LogP contribution is -2.56. The molecule has 4 atom stereocenters. The van der Waals surface area contributed by atoms with Gasteiger partial charge in [0.15, 0.2) is 8.32 Å². The molecule has 1 aliphatic rings. The van der Waals surface area contributed by atoms with E-state index in [-0.39, 0.29) is 29.5 Å². The lowest BCUT2D eigenvalue weighted by molar-refractivity contribution is -0.153. The van der Waals surface area contributed by atoms with Crippen molar-refractivity contribution in [2.24, 2.45) is 0 Å². The van der Waals surface area contributed by atoms with Crippen molar-refractivity contribution in [2.75, 3.05) is 7.11 Å². The number of amides is 2. The van der Waals surface area contributed by atoms with Crippen molar-refractivity contribution >= 4 is 26.3 Å². The molecule has 1 saturated heterocycles. The van der Waals surface area contributed by atoms with Crippen molar-refractivity contribution in [1.82, 2.24) is 10.2 Å². The van der Waals surface area contributed by atoms with Gasteiger partial charge in [0.25, 0.3) is 0 Å². The monoisotopic (exact) mass is 510 g/mol. The van der Waals surface area contributed by atoms with Gasteiger partial charge in [-0.2, -0.15) is 0 Å². The van der Waals surface area contributed by atoms with Crippen LogP contribution in [0.3, 0.4) is 0 Å². The highest BCUT2D eigenvalue weighted by molar-refractivity contribution is 6.74. The second-order valence-electron chi connectivity index (χ2n) is 11.6. The summed E-state index contributed by atoms with van der Waals surface area (Å²) in [6, 6.07) is -2.12. The molecule has 0 aromatic heterocycles. The first kappa shape index (κ1) is 30.9. The summed E-state index contributed by atoms with van der Waals surface area (Å²) in [6.45, 7) is 23.6. The number of ether oxygens (including phenoxy) is 2. The van der Waals surface area contributed by atoms with Crippen LogP contribution in [0, 0.1) is 0 Å². The molecule has 2 amide bonds. The SMILES string of the molecule is C=CCC[C@H]1[C@@H](O[Si](C)(C)C(C)(C)C)CC(C(=O)OC)N1C(=O)[C@H](CC=C)NC(=O)OC(C)(C)C. The predicted octanol–water partition coefficient (Wildman–Crippen LogP) is 4.95. The Labute approximate surface area is 212 Å². The van der Waals surface area contributed by atoms with Crippen LogP contribution in [0.2, 0.25) is 18.1 Å². The molecule has 0 radical (unpaired) electrons. The van der Waals surface area contributed by atoms with E-state index in [1.165, 1.54) is 7.11 Å². The van der Waals surface area contributed by atoms with E-state index in [4.69, 9.17) is 13.9 Å². The average molecular weight is 511 g/mol. The first-order valence-corrected chi connectivity index (χ1v) is 15.2. The number of rotatable bonds is 10. The summed E-state index contributed by atoms with van der Waals surface area (Å²) in [5, 5.41) is 2.62. The number of alkyl carbamates (subject to hydrolysis) is 1. The number of esters is 1.